The van der Waals surface area contributed by atoms with Gasteiger partial charge in [0.1, 0.15) is 5.60 Å². The molecule has 0 rings (SSSR count). The zero-order valence-corrected chi connectivity index (χ0v) is 12.0. The average molecular weight is 286 g/mol. The first-order chi connectivity index (χ1) is 7.60. The topological polar surface area (TPSA) is 72.5 Å². The lowest BCUT2D eigenvalue weighted by Crippen LogP contribution is -2.33. The minimum atomic E-state index is -3.39. The lowest BCUT2D eigenvalue weighted by molar-refractivity contribution is 0.0527. The van der Waals surface area contributed by atoms with Crippen molar-refractivity contribution in [2.45, 2.75) is 45.6 Å². The van der Waals surface area contributed by atoms with Crippen molar-refractivity contribution in [1.29, 1.82) is 0 Å². The summed E-state index contributed by atoms with van der Waals surface area (Å²) in [6.45, 7) is 5.84. The first kappa shape index (κ1) is 16.5. The molecule has 0 fully saturated rings. The molecule has 0 aliphatic carbocycles. The Kier molecular flexibility index (Phi) is 6.85. The SMILES string of the molecule is CC(C)(C)OC(=O)NCCCCCS(=O)(=O)Cl. The van der Waals surface area contributed by atoms with Crippen molar-refractivity contribution in [3.05, 3.63) is 0 Å². The Labute approximate surface area is 107 Å². The van der Waals surface area contributed by atoms with E-state index >= 15 is 0 Å². The highest BCUT2D eigenvalue weighted by Gasteiger charge is 2.15. The summed E-state index contributed by atoms with van der Waals surface area (Å²) in [5, 5.41) is 2.59. The van der Waals surface area contributed by atoms with Gasteiger partial charge in [0.05, 0.1) is 5.75 Å². The van der Waals surface area contributed by atoms with Crippen molar-refractivity contribution < 1.29 is 17.9 Å². The van der Waals surface area contributed by atoms with Gasteiger partial charge in [-0.3, -0.25) is 0 Å². The van der Waals surface area contributed by atoms with E-state index in [-0.39, 0.29) is 5.75 Å². The van der Waals surface area contributed by atoms with Crippen LogP contribution in [0.3, 0.4) is 0 Å². The Balaban J connectivity index is 3.50. The molecule has 1 amide bonds. The maximum atomic E-state index is 11.2. The van der Waals surface area contributed by atoms with E-state index in [0.29, 0.717) is 25.8 Å². The van der Waals surface area contributed by atoms with Gasteiger partial charge in [0.15, 0.2) is 0 Å². The summed E-state index contributed by atoms with van der Waals surface area (Å²) in [5.41, 5.74) is -0.503. The zero-order chi connectivity index (χ0) is 13.5. The van der Waals surface area contributed by atoms with E-state index < -0.39 is 20.7 Å². The second kappa shape index (κ2) is 7.06. The summed E-state index contributed by atoms with van der Waals surface area (Å²) in [4.78, 5) is 11.2. The van der Waals surface area contributed by atoms with Crippen LogP contribution in [0.1, 0.15) is 40.0 Å². The molecule has 17 heavy (non-hydrogen) atoms. The molecular weight excluding hydrogens is 266 g/mol. The molecule has 0 heterocycles. The molecule has 0 aliphatic rings. The Hall–Kier alpha value is -0.490. The van der Waals surface area contributed by atoms with Crippen molar-refractivity contribution in [1.82, 2.24) is 5.32 Å². The van der Waals surface area contributed by atoms with E-state index in [2.05, 4.69) is 5.32 Å². The van der Waals surface area contributed by atoms with Crippen LogP contribution in [0.4, 0.5) is 4.79 Å². The molecule has 5 nitrogen and oxygen atoms in total. The fraction of sp³-hybridized carbons (Fsp3) is 0.900. The number of hydrogen-bond donors (Lipinski definition) is 1. The predicted molar refractivity (Wildman–Crippen MR) is 67.7 cm³/mol. The largest absolute Gasteiger partial charge is 0.444 e. The Morgan fingerprint density at radius 1 is 1.24 bits per heavy atom. The highest BCUT2D eigenvalue weighted by atomic mass is 35.7. The van der Waals surface area contributed by atoms with Gasteiger partial charge < -0.3 is 10.1 Å². The molecule has 0 atom stereocenters. The molecule has 102 valence electrons. The van der Waals surface area contributed by atoms with E-state index in [1.54, 1.807) is 20.8 Å². The monoisotopic (exact) mass is 285 g/mol. The highest BCUT2D eigenvalue weighted by molar-refractivity contribution is 8.13. The fourth-order valence-electron chi connectivity index (χ4n) is 1.08. The molecule has 0 bridgehead atoms. The normalized spacial score (nSPS) is 12.2. The number of alkyl carbamates (subject to hydrolysis) is 1. The molecule has 0 aromatic carbocycles. The van der Waals surface area contributed by atoms with Gasteiger partial charge in [-0.2, -0.15) is 0 Å². The summed E-state index contributed by atoms with van der Waals surface area (Å²) >= 11 is 0. The minimum Gasteiger partial charge on any atom is -0.444 e. The maximum absolute atomic E-state index is 11.2. The molecule has 0 spiro atoms. The van der Waals surface area contributed by atoms with Crippen LogP contribution in [0, 0.1) is 0 Å². The third kappa shape index (κ3) is 13.4. The van der Waals surface area contributed by atoms with Gasteiger partial charge in [0.25, 0.3) is 0 Å². The van der Waals surface area contributed by atoms with E-state index in [4.69, 9.17) is 15.4 Å². The van der Waals surface area contributed by atoms with Gasteiger partial charge in [-0.05, 0) is 33.6 Å². The fourth-order valence-corrected chi connectivity index (χ4v) is 1.96. The number of ether oxygens (including phenoxy) is 1. The summed E-state index contributed by atoms with van der Waals surface area (Å²) < 4.78 is 26.2. The van der Waals surface area contributed by atoms with E-state index in [0.717, 1.165) is 0 Å². The number of unbranched alkanes of at least 4 members (excludes halogenated alkanes) is 2. The standard InChI is InChI=1S/C10H20ClNO4S/c1-10(2,3)16-9(13)12-7-5-4-6-8-17(11,14)15/h4-8H2,1-3H3,(H,12,13). The van der Waals surface area contributed by atoms with Crippen LogP contribution >= 0.6 is 10.7 Å². The van der Waals surface area contributed by atoms with Crippen molar-refractivity contribution in [2.75, 3.05) is 12.3 Å². The Morgan fingerprint density at radius 3 is 2.29 bits per heavy atom. The summed E-state index contributed by atoms with van der Waals surface area (Å²) in [5.74, 6) is -0.0268. The van der Waals surface area contributed by atoms with E-state index in [9.17, 15) is 13.2 Å². The molecule has 0 saturated carbocycles. The predicted octanol–water partition coefficient (Wildman–Crippen LogP) is 2.25. The van der Waals surface area contributed by atoms with Crippen molar-refractivity contribution >= 4 is 25.8 Å². The number of nitrogens with one attached hydrogen (secondary N) is 1. The molecule has 0 aromatic rings. The number of rotatable bonds is 6. The molecule has 0 aliphatic heterocycles. The third-order valence-electron chi connectivity index (χ3n) is 1.73. The second-order valence-electron chi connectivity index (χ2n) is 4.73. The third-order valence-corrected chi connectivity index (χ3v) is 2.97. The molecular formula is C10H20ClNO4S. The minimum absolute atomic E-state index is 0.0268. The first-order valence-corrected chi connectivity index (χ1v) is 7.97. The van der Waals surface area contributed by atoms with E-state index in [1.165, 1.54) is 0 Å². The molecule has 1 N–H and O–H groups in total. The number of carbonyl (C=O) groups excluding carboxylic acids is 1. The lowest BCUT2D eigenvalue weighted by Gasteiger charge is -2.19. The molecule has 7 heteroatoms. The van der Waals surface area contributed by atoms with Gasteiger partial charge in [0.2, 0.25) is 9.05 Å². The highest BCUT2D eigenvalue weighted by Crippen LogP contribution is 2.06. The van der Waals surface area contributed by atoms with Gasteiger partial charge in [-0.25, -0.2) is 13.2 Å². The van der Waals surface area contributed by atoms with E-state index in [1.807, 2.05) is 0 Å². The number of amides is 1. The van der Waals surface area contributed by atoms with Crippen LogP contribution in [-0.2, 0) is 13.8 Å². The quantitative estimate of drug-likeness (QED) is 0.600. The van der Waals surface area contributed by atoms with Gasteiger partial charge >= 0.3 is 6.09 Å². The van der Waals surface area contributed by atoms with Crippen LogP contribution in [-0.4, -0.2) is 32.4 Å². The molecule has 0 unspecified atom stereocenters. The van der Waals surface area contributed by atoms with Crippen molar-refractivity contribution in [3.8, 4) is 0 Å². The Morgan fingerprint density at radius 2 is 1.82 bits per heavy atom. The summed E-state index contributed by atoms with van der Waals surface area (Å²) in [6.07, 6.45) is 1.44. The maximum Gasteiger partial charge on any atom is 0.407 e. The van der Waals surface area contributed by atoms with Crippen LogP contribution < -0.4 is 5.32 Å². The zero-order valence-electron chi connectivity index (χ0n) is 10.5. The van der Waals surface area contributed by atoms with Crippen LogP contribution in [0.15, 0.2) is 0 Å². The molecule has 0 saturated heterocycles. The number of hydrogen-bond acceptors (Lipinski definition) is 4. The smallest absolute Gasteiger partial charge is 0.407 e. The number of halogens is 1. The molecule has 0 aromatic heterocycles. The van der Waals surface area contributed by atoms with Crippen LogP contribution in [0.25, 0.3) is 0 Å². The van der Waals surface area contributed by atoms with Crippen molar-refractivity contribution in [3.63, 3.8) is 0 Å². The number of carbonyl (C=O) groups is 1. The Bertz CT molecular complexity index is 335. The molecule has 0 radical (unpaired) electrons. The first-order valence-electron chi connectivity index (χ1n) is 5.49. The lowest BCUT2D eigenvalue weighted by atomic mass is 10.2. The van der Waals surface area contributed by atoms with Crippen LogP contribution in [0.2, 0.25) is 0 Å². The van der Waals surface area contributed by atoms with Gasteiger partial charge in [0, 0.05) is 17.2 Å². The van der Waals surface area contributed by atoms with Gasteiger partial charge in [-0.15, -0.1) is 0 Å². The summed E-state index contributed by atoms with van der Waals surface area (Å²) in [6, 6.07) is 0. The van der Waals surface area contributed by atoms with Gasteiger partial charge in [-0.1, -0.05) is 6.42 Å². The average Bonchev–Trinajstić information content (AvgIpc) is 2.06. The van der Waals surface area contributed by atoms with Crippen LogP contribution in [0.5, 0.6) is 0 Å². The summed E-state index contributed by atoms with van der Waals surface area (Å²) in [7, 11) is 1.66. The second-order valence-corrected chi connectivity index (χ2v) is 7.63. The van der Waals surface area contributed by atoms with Crippen molar-refractivity contribution in [2.24, 2.45) is 0 Å².